The summed E-state index contributed by atoms with van der Waals surface area (Å²) in [4.78, 5) is 4.32. The maximum absolute atomic E-state index is 9.52. The Morgan fingerprint density at radius 1 is 1.19 bits per heavy atom. The number of aromatic nitrogens is 2. The lowest BCUT2D eigenvalue weighted by Crippen LogP contribution is -1.91. The number of hydrogen-bond donors (Lipinski definition) is 1. The summed E-state index contributed by atoms with van der Waals surface area (Å²) in [5, 5.41) is 13.9. The van der Waals surface area contributed by atoms with E-state index in [1.54, 1.807) is 6.07 Å². The quantitative estimate of drug-likeness (QED) is 0.745. The Hall–Kier alpha value is -1.85. The Bertz CT molecular complexity index is 789. The van der Waals surface area contributed by atoms with Crippen LogP contribution in [0, 0.1) is 0 Å². The Morgan fingerprint density at radius 3 is 2.81 bits per heavy atom. The van der Waals surface area contributed by atoms with Gasteiger partial charge in [-0.25, -0.2) is 0 Å². The highest BCUT2D eigenvalue weighted by Gasteiger charge is 2.14. The average Bonchev–Trinajstić information content (AvgIpc) is 2.92. The number of nitrogens with zero attached hydrogens (tertiary/aromatic N) is 2. The number of benzene rings is 2. The largest absolute Gasteiger partial charge is 0.508 e. The molecule has 1 N–H and O–H groups in total. The zero-order valence-corrected chi connectivity index (χ0v) is 13.1. The molecule has 3 rings (SSSR count). The first-order valence-corrected chi connectivity index (χ1v) is 7.35. The fourth-order valence-corrected chi connectivity index (χ4v) is 2.55. The molecule has 0 unspecified atom stereocenters. The molecular formula is C15H10BrClN2O2. The van der Waals surface area contributed by atoms with Crippen molar-refractivity contribution >= 4 is 27.5 Å². The lowest BCUT2D eigenvalue weighted by Gasteiger charge is -2.00. The molecule has 1 heterocycles. The Kier molecular flexibility index (Phi) is 3.94. The molecule has 0 spiro atoms. The highest BCUT2D eigenvalue weighted by atomic mass is 79.9. The summed E-state index contributed by atoms with van der Waals surface area (Å²) >= 11 is 9.57. The van der Waals surface area contributed by atoms with Crippen LogP contribution in [-0.2, 0) is 6.42 Å². The maximum Gasteiger partial charge on any atom is 0.259 e. The SMILES string of the molecule is Oc1ccc(Cl)c(-c2nc(Cc3ccccc3Br)no2)c1. The summed E-state index contributed by atoms with van der Waals surface area (Å²) < 4.78 is 6.22. The molecule has 0 aliphatic carbocycles. The summed E-state index contributed by atoms with van der Waals surface area (Å²) in [6.45, 7) is 0. The van der Waals surface area contributed by atoms with Gasteiger partial charge >= 0.3 is 0 Å². The van der Waals surface area contributed by atoms with Crippen LogP contribution in [0.1, 0.15) is 11.4 Å². The van der Waals surface area contributed by atoms with Crippen molar-refractivity contribution < 1.29 is 9.63 Å². The third-order valence-electron chi connectivity index (χ3n) is 2.95. The molecule has 106 valence electrons. The summed E-state index contributed by atoms with van der Waals surface area (Å²) in [7, 11) is 0. The van der Waals surface area contributed by atoms with E-state index >= 15 is 0 Å². The molecule has 0 saturated heterocycles. The van der Waals surface area contributed by atoms with Gasteiger partial charge in [-0.2, -0.15) is 4.98 Å². The van der Waals surface area contributed by atoms with Crippen LogP contribution in [-0.4, -0.2) is 15.2 Å². The summed E-state index contributed by atoms with van der Waals surface area (Å²) in [6.07, 6.45) is 0.543. The molecule has 0 saturated carbocycles. The molecule has 1 aromatic heterocycles. The van der Waals surface area contributed by atoms with Crippen molar-refractivity contribution in [2.45, 2.75) is 6.42 Å². The summed E-state index contributed by atoms with van der Waals surface area (Å²) in [6, 6.07) is 12.4. The fraction of sp³-hybridized carbons (Fsp3) is 0.0667. The van der Waals surface area contributed by atoms with Crippen molar-refractivity contribution in [3.05, 3.63) is 63.3 Å². The van der Waals surface area contributed by atoms with Crippen LogP contribution in [0.25, 0.3) is 11.5 Å². The van der Waals surface area contributed by atoms with Crippen molar-refractivity contribution in [2.75, 3.05) is 0 Å². The summed E-state index contributed by atoms with van der Waals surface area (Å²) in [5.41, 5.74) is 1.58. The summed E-state index contributed by atoms with van der Waals surface area (Å²) in [5.74, 6) is 0.939. The number of hydrogen-bond acceptors (Lipinski definition) is 4. The first-order valence-electron chi connectivity index (χ1n) is 6.18. The predicted molar refractivity (Wildman–Crippen MR) is 83.4 cm³/mol. The van der Waals surface area contributed by atoms with Gasteiger partial charge in [-0.3, -0.25) is 0 Å². The minimum absolute atomic E-state index is 0.0972. The second-order valence-corrected chi connectivity index (χ2v) is 5.71. The molecule has 0 aliphatic rings. The lowest BCUT2D eigenvalue weighted by atomic mass is 10.1. The lowest BCUT2D eigenvalue weighted by molar-refractivity contribution is 0.423. The highest BCUT2D eigenvalue weighted by molar-refractivity contribution is 9.10. The zero-order chi connectivity index (χ0) is 14.8. The van der Waals surface area contributed by atoms with E-state index in [0.717, 1.165) is 10.0 Å². The van der Waals surface area contributed by atoms with Crippen LogP contribution >= 0.6 is 27.5 Å². The average molecular weight is 366 g/mol. The first kappa shape index (κ1) is 14.1. The van der Waals surface area contributed by atoms with Crippen LogP contribution < -0.4 is 0 Å². The van der Waals surface area contributed by atoms with Gasteiger partial charge in [-0.15, -0.1) is 0 Å². The fourth-order valence-electron chi connectivity index (χ4n) is 1.92. The van der Waals surface area contributed by atoms with Crippen LogP contribution in [0.4, 0.5) is 0 Å². The van der Waals surface area contributed by atoms with Crippen molar-refractivity contribution in [1.82, 2.24) is 10.1 Å². The standard InChI is InChI=1S/C15H10BrClN2O2/c16-12-4-2-1-3-9(12)7-14-18-15(21-19-14)11-8-10(20)5-6-13(11)17/h1-6,8,20H,7H2. The monoisotopic (exact) mass is 364 g/mol. The van der Waals surface area contributed by atoms with E-state index in [2.05, 4.69) is 26.1 Å². The first-order chi connectivity index (χ1) is 10.1. The van der Waals surface area contributed by atoms with Crippen LogP contribution in [0.5, 0.6) is 5.75 Å². The van der Waals surface area contributed by atoms with Crippen molar-refractivity contribution in [3.8, 4) is 17.2 Å². The molecule has 2 aromatic carbocycles. The second kappa shape index (κ2) is 5.87. The maximum atomic E-state index is 9.52. The van der Waals surface area contributed by atoms with Gasteiger partial charge in [0.25, 0.3) is 5.89 Å². The predicted octanol–water partition coefficient (Wildman–Crippen LogP) is 4.45. The van der Waals surface area contributed by atoms with Gasteiger partial charge in [-0.05, 0) is 29.8 Å². The van der Waals surface area contributed by atoms with Crippen molar-refractivity contribution in [2.24, 2.45) is 0 Å². The molecule has 3 aromatic rings. The molecule has 0 atom stereocenters. The number of rotatable bonds is 3. The van der Waals surface area contributed by atoms with E-state index in [0.29, 0.717) is 22.8 Å². The van der Waals surface area contributed by atoms with E-state index in [9.17, 15) is 5.11 Å². The highest BCUT2D eigenvalue weighted by Crippen LogP contribution is 2.30. The van der Waals surface area contributed by atoms with Crippen LogP contribution in [0.3, 0.4) is 0 Å². The van der Waals surface area contributed by atoms with Gasteiger partial charge in [0.2, 0.25) is 0 Å². The van der Waals surface area contributed by atoms with Gasteiger partial charge in [0.05, 0.1) is 10.6 Å². The van der Waals surface area contributed by atoms with E-state index in [4.69, 9.17) is 16.1 Å². The topological polar surface area (TPSA) is 59.2 Å². The van der Waals surface area contributed by atoms with E-state index in [-0.39, 0.29) is 11.6 Å². The number of halogens is 2. The van der Waals surface area contributed by atoms with Gasteiger partial charge in [0.1, 0.15) is 5.75 Å². The van der Waals surface area contributed by atoms with E-state index in [1.807, 2.05) is 24.3 Å². The Balaban J connectivity index is 1.90. The molecule has 0 amide bonds. The zero-order valence-electron chi connectivity index (χ0n) is 10.8. The normalized spacial score (nSPS) is 10.8. The molecule has 4 nitrogen and oxygen atoms in total. The van der Waals surface area contributed by atoms with E-state index in [1.165, 1.54) is 12.1 Å². The number of aromatic hydroxyl groups is 1. The van der Waals surface area contributed by atoms with Crippen LogP contribution in [0.15, 0.2) is 51.5 Å². The molecule has 0 aliphatic heterocycles. The molecule has 0 fully saturated rings. The van der Waals surface area contributed by atoms with Gasteiger partial charge in [0.15, 0.2) is 5.82 Å². The third kappa shape index (κ3) is 3.09. The molecule has 0 radical (unpaired) electrons. The van der Waals surface area contributed by atoms with E-state index < -0.39 is 0 Å². The van der Waals surface area contributed by atoms with Crippen molar-refractivity contribution in [3.63, 3.8) is 0 Å². The number of phenolic OH excluding ortho intramolecular Hbond substituents is 1. The van der Waals surface area contributed by atoms with Gasteiger partial charge in [0, 0.05) is 10.9 Å². The van der Waals surface area contributed by atoms with Gasteiger partial charge in [-0.1, -0.05) is 50.9 Å². The Labute approximate surface area is 134 Å². The molecular weight excluding hydrogens is 356 g/mol. The molecule has 0 bridgehead atoms. The molecule has 21 heavy (non-hydrogen) atoms. The smallest absolute Gasteiger partial charge is 0.259 e. The van der Waals surface area contributed by atoms with Crippen molar-refractivity contribution in [1.29, 1.82) is 0 Å². The Morgan fingerprint density at radius 2 is 2.00 bits per heavy atom. The second-order valence-electron chi connectivity index (χ2n) is 4.45. The van der Waals surface area contributed by atoms with Crippen LogP contribution in [0.2, 0.25) is 5.02 Å². The minimum Gasteiger partial charge on any atom is -0.508 e. The minimum atomic E-state index is 0.0972. The number of phenols is 1. The van der Waals surface area contributed by atoms with Gasteiger partial charge < -0.3 is 9.63 Å². The third-order valence-corrected chi connectivity index (χ3v) is 4.06. The molecule has 6 heteroatoms.